The normalized spacial score (nSPS) is 2.00. The minimum Gasteiger partial charge on any atom is -0.186 e. The van der Waals surface area contributed by atoms with Gasteiger partial charge in [-0.25, -0.2) is 0 Å². The number of carbonyl (C=O) groups excluding carboxylic acids is 2. The Labute approximate surface area is 55.2 Å². The standard InChI is InChI=1S/CO2.Th/c2-1-3;. The molecule has 0 fully saturated rings. The van der Waals surface area contributed by atoms with E-state index < -0.39 is 0 Å². The van der Waals surface area contributed by atoms with E-state index in [1.807, 2.05) is 0 Å². The molecule has 0 aliphatic rings. The molecule has 0 amide bonds. The molecular formula is CO2Th. The zero-order valence-electron chi connectivity index (χ0n) is 1.82. The molecule has 0 atom stereocenters. The summed E-state index contributed by atoms with van der Waals surface area (Å²) >= 11 is 0. The minimum atomic E-state index is 0. The first-order chi connectivity index (χ1) is 1.41. The molecule has 0 rings (SSSR count). The molecule has 0 heterocycles. The van der Waals surface area contributed by atoms with Gasteiger partial charge in [-0.2, -0.15) is 9.59 Å². The molecule has 0 radical (unpaired) electrons. The molecule has 0 aromatic heterocycles. The summed E-state index contributed by atoms with van der Waals surface area (Å²) in [5.41, 5.74) is 0. The Morgan fingerprint density at radius 2 is 1.25 bits per heavy atom. The predicted molar refractivity (Wildman–Crippen MR) is 5.01 cm³/mol. The number of rotatable bonds is 0. The fraction of sp³-hybridized carbons (Fsp3) is 0. The molecule has 0 saturated heterocycles. The summed E-state index contributed by atoms with van der Waals surface area (Å²) in [7, 11) is 0. The van der Waals surface area contributed by atoms with Gasteiger partial charge in [-0.3, -0.25) is 0 Å². The van der Waals surface area contributed by atoms with Crippen molar-refractivity contribution in [2.24, 2.45) is 0 Å². The molecule has 4 heavy (non-hydrogen) atoms. The van der Waals surface area contributed by atoms with E-state index in [-0.39, 0.29) is 46.1 Å². The molecule has 0 bridgehead atoms. The summed E-state index contributed by atoms with van der Waals surface area (Å²) in [5, 5.41) is 0. The van der Waals surface area contributed by atoms with Crippen LogP contribution in [0, 0.1) is 39.9 Å². The van der Waals surface area contributed by atoms with Crippen LogP contribution in [0.15, 0.2) is 0 Å². The van der Waals surface area contributed by atoms with E-state index in [1.165, 1.54) is 0 Å². The Morgan fingerprint density at radius 1 is 1.25 bits per heavy atom. The summed E-state index contributed by atoms with van der Waals surface area (Å²) in [4.78, 5) is 16.2. The average molecular weight is 276 g/mol. The quantitative estimate of drug-likeness (QED) is 0.593. The minimum absolute atomic E-state index is 0. The molecule has 0 saturated carbocycles. The molecule has 0 aromatic carbocycles. The van der Waals surface area contributed by atoms with E-state index in [4.69, 9.17) is 9.59 Å². The van der Waals surface area contributed by atoms with E-state index in [0.29, 0.717) is 0 Å². The SMILES string of the molecule is O=C=O.[Th]. The second kappa shape index (κ2) is 9.33. The van der Waals surface area contributed by atoms with Gasteiger partial charge in [-0.05, 0) is 0 Å². The summed E-state index contributed by atoms with van der Waals surface area (Å²) in [6.07, 6.45) is 0.250. The van der Waals surface area contributed by atoms with Crippen molar-refractivity contribution < 1.29 is 49.5 Å². The molecule has 0 N–H and O–H groups in total. The van der Waals surface area contributed by atoms with Crippen LogP contribution in [0.2, 0.25) is 0 Å². The van der Waals surface area contributed by atoms with Gasteiger partial charge in [0.25, 0.3) is 0 Å². The van der Waals surface area contributed by atoms with Crippen LogP contribution >= 0.6 is 0 Å². The van der Waals surface area contributed by atoms with Gasteiger partial charge < -0.3 is 0 Å². The van der Waals surface area contributed by atoms with E-state index in [9.17, 15) is 0 Å². The third-order valence-corrected chi connectivity index (χ3v) is 0. The van der Waals surface area contributed by atoms with E-state index >= 15 is 0 Å². The van der Waals surface area contributed by atoms with Gasteiger partial charge in [0.05, 0.1) is 0 Å². The van der Waals surface area contributed by atoms with Crippen LogP contribution in [0.5, 0.6) is 0 Å². The molecule has 0 spiro atoms. The maximum absolute atomic E-state index is 8.12. The zero-order chi connectivity index (χ0) is 2.71. The molecule has 2 nitrogen and oxygen atoms in total. The van der Waals surface area contributed by atoms with Crippen LogP contribution in [-0.2, 0) is 9.59 Å². The van der Waals surface area contributed by atoms with Crippen molar-refractivity contribution in [2.45, 2.75) is 0 Å². The summed E-state index contributed by atoms with van der Waals surface area (Å²) in [6.45, 7) is 0. The predicted octanol–water partition coefficient (Wildman–Crippen LogP) is -0.584. The molecule has 0 aliphatic heterocycles. The van der Waals surface area contributed by atoms with Crippen LogP contribution in [0.1, 0.15) is 0 Å². The molecule has 0 aromatic rings. The first-order valence-electron chi connectivity index (χ1n) is 0.408. The summed E-state index contributed by atoms with van der Waals surface area (Å²) < 4.78 is 0. The van der Waals surface area contributed by atoms with Crippen molar-refractivity contribution in [2.75, 3.05) is 0 Å². The largest absolute Gasteiger partial charge is 0.373 e. The number of hydrogen-bond acceptors (Lipinski definition) is 2. The molecule has 20 valence electrons. The maximum Gasteiger partial charge on any atom is 0.373 e. The molecule has 0 unspecified atom stereocenters. The van der Waals surface area contributed by atoms with E-state index in [2.05, 4.69) is 0 Å². The fourth-order valence-corrected chi connectivity index (χ4v) is 0. The van der Waals surface area contributed by atoms with Crippen LogP contribution in [0.4, 0.5) is 0 Å². The van der Waals surface area contributed by atoms with Crippen LogP contribution in [0.25, 0.3) is 0 Å². The van der Waals surface area contributed by atoms with E-state index in [1.54, 1.807) is 0 Å². The van der Waals surface area contributed by atoms with Crippen molar-refractivity contribution >= 4 is 6.15 Å². The van der Waals surface area contributed by atoms with Crippen LogP contribution in [0.3, 0.4) is 0 Å². The van der Waals surface area contributed by atoms with E-state index in [0.717, 1.165) is 0 Å². The second-order valence-electron chi connectivity index (χ2n) is 0.0833. The third-order valence-electron chi connectivity index (χ3n) is 0. The van der Waals surface area contributed by atoms with Crippen molar-refractivity contribution in [3.63, 3.8) is 0 Å². The van der Waals surface area contributed by atoms with Crippen molar-refractivity contribution in [1.29, 1.82) is 0 Å². The first kappa shape index (κ1) is 8.83. The Kier molecular flexibility index (Phi) is 20.6. The van der Waals surface area contributed by atoms with Gasteiger partial charge >= 0.3 is 6.15 Å². The van der Waals surface area contributed by atoms with Gasteiger partial charge in [0, 0.05) is 39.9 Å². The number of hydrogen-bond donors (Lipinski definition) is 0. The van der Waals surface area contributed by atoms with Gasteiger partial charge in [0.1, 0.15) is 0 Å². The summed E-state index contributed by atoms with van der Waals surface area (Å²) in [5.74, 6) is 0. The van der Waals surface area contributed by atoms with Gasteiger partial charge in [0.15, 0.2) is 0 Å². The van der Waals surface area contributed by atoms with Gasteiger partial charge in [0.2, 0.25) is 0 Å². The maximum atomic E-state index is 8.12. The first-order valence-corrected chi connectivity index (χ1v) is 0.408. The Morgan fingerprint density at radius 3 is 1.25 bits per heavy atom. The van der Waals surface area contributed by atoms with Crippen molar-refractivity contribution in [3.05, 3.63) is 0 Å². The zero-order valence-corrected chi connectivity index (χ0v) is 5.93. The Hall–Kier alpha value is 0.705. The van der Waals surface area contributed by atoms with Gasteiger partial charge in [-0.1, -0.05) is 0 Å². The Balaban J connectivity index is 0. The average Bonchev–Trinajstić information content (AvgIpc) is 0.918. The molecule has 3 heteroatoms. The van der Waals surface area contributed by atoms with Gasteiger partial charge in [-0.15, -0.1) is 0 Å². The van der Waals surface area contributed by atoms with Crippen molar-refractivity contribution in [1.82, 2.24) is 0 Å². The van der Waals surface area contributed by atoms with Crippen LogP contribution in [-0.4, -0.2) is 6.15 Å². The molecule has 0 aliphatic carbocycles. The molecular weight excluding hydrogens is 276 g/mol. The monoisotopic (exact) mass is 276 g/mol. The summed E-state index contributed by atoms with van der Waals surface area (Å²) in [6, 6.07) is 0. The third kappa shape index (κ3) is 15.8. The van der Waals surface area contributed by atoms with Crippen LogP contribution < -0.4 is 0 Å². The second-order valence-corrected chi connectivity index (χ2v) is 0.0833. The topological polar surface area (TPSA) is 34.1 Å². The van der Waals surface area contributed by atoms with Crippen molar-refractivity contribution in [3.8, 4) is 0 Å². The fourth-order valence-electron chi connectivity index (χ4n) is 0. The smallest absolute Gasteiger partial charge is 0.186 e. The Bertz CT molecular complexity index is 27.0.